The van der Waals surface area contributed by atoms with Crippen LogP contribution in [-0.4, -0.2) is 96.7 Å². The fourth-order valence-corrected chi connectivity index (χ4v) is 15.0. The molecule has 0 amide bonds. The number of aliphatic hydroxyl groups excluding tert-OH is 1. The van der Waals surface area contributed by atoms with Crippen molar-refractivity contribution in [3.05, 3.63) is 0 Å². The maximum atomic E-state index is 13.1. The van der Waals surface area contributed by atoms with Crippen LogP contribution in [0.3, 0.4) is 0 Å². The van der Waals surface area contributed by atoms with Gasteiger partial charge in [-0.3, -0.25) is 37.3 Å². The summed E-state index contributed by atoms with van der Waals surface area (Å²) >= 11 is 0. The van der Waals surface area contributed by atoms with Gasteiger partial charge in [0, 0.05) is 25.7 Å². The van der Waals surface area contributed by atoms with E-state index >= 15 is 0 Å². The summed E-state index contributed by atoms with van der Waals surface area (Å²) in [7, 11) is -9.92. The molecular formula is C86H168O17P2. The van der Waals surface area contributed by atoms with Crippen molar-refractivity contribution < 1.29 is 80.2 Å². The number of rotatable bonds is 86. The maximum absolute atomic E-state index is 13.1. The standard InChI is InChI=1S/C86H168O17P2/c1-6-10-13-16-19-22-25-27-28-29-30-31-35-38-41-46-50-55-60-65-70-84(89)97-76-82(103-86(91)72-67-62-57-52-47-42-39-36-33-32-34-37-40-44-48-53-58-63-68-79(5)9-4)78-101-105(94,95)99-74-80(87)73-98-104(92,93)100-77-81(75-96-83(88)69-64-59-54-49-43-24-21-18-15-12-8-3)102-85(90)71-66-61-56-51-45-26-23-20-17-14-11-7-2/h79-82,87H,6-78H2,1-5H3,(H,92,93)(H,94,95)/t79?,80-,81+,82+/m0/s1. The second-order valence-corrected chi connectivity index (χ2v) is 34.1. The molecule has 17 nitrogen and oxygen atoms in total. The molecule has 0 fully saturated rings. The van der Waals surface area contributed by atoms with Crippen molar-refractivity contribution in [2.75, 3.05) is 39.6 Å². The lowest BCUT2D eigenvalue weighted by Gasteiger charge is -2.21. The van der Waals surface area contributed by atoms with E-state index in [9.17, 15) is 43.2 Å². The van der Waals surface area contributed by atoms with Gasteiger partial charge in [0.2, 0.25) is 0 Å². The van der Waals surface area contributed by atoms with E-state index in [2.05, 4.69) is 34.6 Å². The molecule has 3 unspecified atom stereocenters. The first kappa shape index (κ1) is 103. The second kappa shape index (κ2) is 78.7. The van der Waals surface area contributed by atoms with Crippen molar-refractivity contribution in [2.45, 2.75) is 483 Å². The van der Waals surface area contributed by atoms with E-state index < -0.39 is 97.5 Å². The van der Waals surface area contributed by atoms with E-state index in [1.807, 2.05) is 0 Å². The Morgan fingerprint density at radius 2 is 0.457 bits per heavy atom. The van der Waals surface area contributed by atoms with Gasteiger partial charge in [0.1, 0.15) is 19.3 Å². The number of phosphoric ester groups is 2. The van der Waals surface area contributed by atoms with Crippen LogP contribution in [0.5, 0.6) is 0 Å². The Bertz CT molecular complexity index is 2000. The lowest BCUT2D eigenvalue weighted by Crippen LogP contribution is -2.30. The van der Waals surface area contributed by atoms with Crippen molar-refractivity contribution in [3.8, 4) is 0 Å². The van der Waals surface area contributed by atoms with E-state index in [1.54, 1.807) is 0 Å². The van der Waals surface area contributed by atoms with Crippen LogP contribution < -0.4 is 0 Å². The number of esters is 4. The Morgan fingerprint density at radius 1 is 0.267 bits per heavy atom. The number of hydrogen-bond donors (Lipinski definition) is 3. The molecule has 105 heavy (non-hydrogen) atoms. The Morgan fingerprint density at radius 3 is 0.676 bits per heavy atom. The highest BCUT2D eigenvalue weighted by molar-refractivity contribution is 7.47. The van der Waals surface area contributed by atoms with Crippen LogP contribution in [-0.2, 0) is 65.4 Å². The fraction of sp³-hybridized carbons (Fsp3) is 0.953. The average molecular weight is 1540 g/mol. The second-order valence-electron chi connectivity index (χ2n) is 31.2. The van der Waals surface area contributed by atoms with Gasteiger partial charge in [-0.05, 0) is 31.6 Å². The summed E-state index contributed by atoms with van der Waals surface area (Å²) in [6, 6.07) is 0. The zero-order valence-electron chi connectivity index (χ0n) is 68.9. The topological polar surface area (TPSA) is 237 Å². The highest BCUT2D eigenvalue weighted by Crippen LogP contribution is 2.45. The highest BCUT2D eigenvalue weighted by atomic mass is 31.2. The average Bonchev–Trinajstić information content (AvgIpc) is 0.908. The molecule has 0 rings (SSSR count). The van der Waals surface area contributed by atoms with Crippen LogP contribution in [0.2, 0.25) is 0 Å². The van der Waals surface area contributed by atoms with Gasteiger partial charge in [-0.1, -0.05) is 413 Å². The number of aliphatic hydroxyl groups is 1. The molecule has 0 aliphatic rings. The van der Waals surface area contributed by atoms with Crippen LogP contribution in [0.15, 0.2) is 0 Å². The molecule has 0 aliphatic carbocycles. The van der Waals surface area contributed by atoms with Gasteiger partial charge in [0.05, 0.1) is 26.4 Å². The van der Waals surface area contributed by atoms with Crippen molar-refractivity contribution in [1.29, 1.82) is 0 Å². The molecular weight excluding hydrogens is 1370 g/mol. The summed E-state index contributed by atoms with van der Waals surface area (Å²) in [4.78, 5) is 73.2. The normalized spacial score (nSPS) is 14.0. The minimum atomic E-state index is -4.97. The van der Waals surface area contributed by atoms with Crippen molar-refractivity contribution in [2.24, 2.45) is 5.92 Å². The molecule has 0 aliphatic heterocycles. The predicted octanol–water partition coefficient (Wildman–Crippen LogP) is 26.4. The SMILES string of the molecule is CCCCCCCCCCCCCCCCCCCCCCC(=O)OC[C@H](COP(=O)(O)OC[C@@H](O)COP(=O)(O)OC[C@@H](COC(=O)CCCCCCCCCCCCC)OC(=O)CCCCCCCCCCCCCC)OC(=O)CCCCCCCCCCCCCCCCCCCCC(C)CC. The molecule has 0 saturated carbocycles. The number of hydrogen-bond acceptors (Lipinski definition) is 15. The third-order valence-electron chi connectivity index (χ3n) is 20.6. The quantitative estimate of drug-likeness (QED) is 0.0222. The van der Waals surface area contributed by atoms with Gasteiger partial charge < -0.3 is 33.8 Å². The first-order valence-corrected chi connectivity index (χ1v) is 47.7. The summed E-state index contributed by atoms with van der Waals surface area (Å²) in [5.74, 6) is -1.23. The predicted molar refractivity (Wildman–Crippen MR) is 432 cm³/mol. The Kier molecular flexibility index (Phi) is 77.3. The van der Waals surface area contributed by atoms with Crippen molar-refractivity contribution in [3.63, 3.8) is 0 Å². The fourth-order valence-electron chi connectivity index (χ4n) is 13.4. The van der Waals surface area contributed by atoms with E-state index in [1.165, 1.54) is 289 Å². The summed E-state index contributed by atoms with van der Waals surface area (Å²) in [6.07, 6.45) is 72.2. The first-order chi connectivity index (χ1) is 51.1. The zero-order valence-corrected chi connectivity index (χ0v) is 70.7. The van der Waals surface area contributed by atoms with Crippen LogP contribution in [0.4, 0.5) is 0 Å². The maximum Gasteiger partial charge on any atom is 0.472 e. The van der Waals surface area contributed by atoms with E-state index in [0.717, 1.165) is 95.8 Å². The van der Waals surface area contributed by atoms with E-state index in [4.69, 9.17) is 37.0 Å². The number of unbranched alkanes of at least 4 members (excludes halogenated alkanes) is 57. The van der Waals surface area contributed by atoms with Crippen LogP contribution >= 0.6 is 15.6 Å². The summed E-state index contributed by atoms with van der Waals surface area (Å²) in [5, 5.41) is 10.7. The molecule has 0 spiro atoms. The van der Waals surface area contributed by atoms with Gasteiger partial charge in [0.15, 0.2) is 12.2 Å². The number of carbonyl (C=O) groups is 4. The van der Waals surface area contributed by atoms with Gasteiger partial charge in [-0.15, -0.1) is 0 Å². The van der Waals surface area contributed by atoms with Gasteiger partial charge >= 0.3 is 39.5 Å². The molecule has 0 aromatic rings. The summed E-state index contributed by atoms with van der Waals surface area (Å²) in [6.45, 7) is 7.42. The van der Waals surface area contributed by atoms with Gasteiger partial charge in [0.25, 0.3) is 0 Å². The zero-order chi connectivity index (χ0) is 76.9. The minimum Gasteiger partial charge on any atom is -0.462 e. The summed E-state index contributed by atoms with van der Waals surface area (Å²) < 4.78 is 68.8. The lowest BCUT2D eigenvalue weighted by molar-refractivity contribution is -0.161. The summed E-state index contributed by atoms with van der Waals surface area (Å²) in [5.41, 5.74) is 0. The highest BCUT2D eigenvalue weighted by Gasteiger charge is 2.30. The molecule has 0 aromatic heterocycles. The number of carbonyl (C=O) groups excluding carboxylic acids is 4. The molecule has 0 bridgehead atoms. The minimum absolute atomic E-state index is 0.108. The smallest absolute Gasteiger partial charge is 0.462 e. The van der Waals surface area contributed by atoms with Crippen LogP contribution in [0, 0.1) is 5.92 Å². The number of ether oxygens (including phenoxy) is 4. The monoisotopic (exact) mass is 1540 g/mol. The molecule has 0 saturated heterocycles. The van der Waals surface area contributed by atoms with E-state index in [0.29, 0.717) is 25.7 Å². The third-order valence-corrected chi connectivity index (χ3v) is 22.5. The molecule has 0 heterocycles. The lowest BCUT2D eigenvalue weighted by atomic mass is 9.99. The van der Waals surface area contributed by atoms with Crippen LogP contribution in [0.25, 0.3) is 0 Å². The van der Waals surface area contributed by atoms with Crippen LogP contribution in [0.1, 0.15) is 465 Å². The molecule has 19 heteroatoms. The largest absolute Gasteiger partial charge is 0.472 e. The Balaban J connectivity index is 5.20. The Labute approximate surface area is 645 Å². The van der Waals surface area contributed by atoms with Crippen molar-refractivity contribution in [1.82, 2.24) is 0 Å². The molecule has 0 aromatic carbocycles. The Hall–Kier alpha value is -1.94. The van der Waals surface area contributed by atoms with Gasteiger partial charge in [-0.2, -0.15) is 0 Å². The molecule has 624 valence electrons. The molecule has 3 N–H and O–H groups in total. The van der Waals surface area contributed by atoms with Crippen molar-refractivity contribution >= 4 is 39.5 Å². The first-order valence-electron chi connectivity index (χ1n) is 44.7. The third kappa shape index (κ3) is 78.5. The number of phosphoric acid groups is 2. The molecule has 0 radical (unpaired) electrons. The van der Waals surface area contributed by atoms with E-state index in [-0.39, 0.29) is 25.7 Å². The molecule has 6 atom stereocenters. The van der Waals surface area contributed by atoms with Gasteiger partial charge in [-0.25, -0.2) is 9.13 Å².